The molecule has 2 amide bonds. The van der Waals surface area contributed by atoms with E-state index in [0.717, 1.165) is 0 Å². The molecule has 1 fully saturated rings. The molecule has 110 valence electrons. The maximum absolute atomic E-state index is 12.2. The Labute approximate surface area is 128 Å². The molecule has 5 nitrogen and oxygen atoms in total. The van der Waals surface area contributed by atoms with Crippen LogP contribution in [0.4, 0.5) is 5.69 Å². The van der Waals surface area contributed by atoms with Crippen molar-refractivity contribution in [3.05, 3.63) is 41.3 Å². The van der Waals surface area contributed by atoms with Crippen molar-refractivity contribution in [2.75, 3.05) is 18.4 Å². The Balaban J connectivity index is 2.12. The molecule has 0 bridgehead atoms. The minimum atomic E-state index is -0.314. The number of nitrogens with zero attached hydrogens (tertiary/aromatic N) is 2. The highest BCUT2D eigenvalue weighted by Crippen LogP contribution is 2.30. The smallest absolute Gasteiger partial charge is 0.266 e. The van der Waals surface area contributed by atoms with E-state index in [2.05, 4.69) is 10.3 Å². The highest BCUT2D eigenvalue weighted by molar-refractivity contribution is 8.18. The zero-order valence-electron chi connectivity index (χ0n) is 12.0. The lowest BCUT2D eigenvalue weighted by Crippen LogP contribution is -2.29. The van der Waals surface area contributed by atoms with E-state index in [1.807, 2.05) is 32.0 Å². The summed E-state index contributed by atoms with van der Waals surface area (Å²) < 4.78 is 0. The number of hydrogen-bond acceptors (Lipinski definition) is 4. The van der Waals surface area contributed by atoms with Crippen LogP contribution in [0.2, 0.25) is 0 Å². The zero-order valence-corrected chi connectivity index (χ0v) is 12.8. The van der Waals surface area contributed by atoms with Gasteiger partial charge in [0.15, 0.2) is 5.17 Å². The van der Waals surface area contributed by atoms with Crippen molar-refractivity contribution in [2.45, 2.75) is 13.8 Å². The van der Waals surface area contributed by atoms with Crippen molar-refractivity contribution >= 4 is 34.4 Å². The average Bonchev–Trinajstić information content (AvgIpc) is 2.76. The van der Waals surface area contributed by atoms with Crippen molar-refractivity contribution in [1.82, 2.24) is 4.90 Å². The Kier molecular flexibility index (Phi) is 5.16. The molecule has 0 aliphatic carbocycles. The second kappa shape index (κ2) is 7.08. The molecule has 1 N–H and O–H groups in total. The standard InChI is InChI=1S/C15H17N3O2S/c1-3-16-15-18(4-2)14(20)12(21-15)10-13(19)17-11-8-6-5-7-9-11/h5-10H,3-4H2,1-2H3,(H,17,19)/b12-10+,16-15?. The molecule has 1 aliphatic rings. The number of carbonyl (C=O) groups excluding carboxylic acids is 2. The normalized spacial score (nSPS) is 18.6. The molecular weight excluding hydrogens is 286 g/mol. The van der Waals surface area contributed by atoms with Crippen LogP contribution in [-0.4, -0.2) is 35.0 Å². The van der Waals surface area contributed by atoms with E-state index >= 15 is 0 Å². The summed E-state index contributed by atoms with van der Waals surface area (Å²) in [5.41, 5.74) is 0.699. The largest absolute Gasteiger partial charge is 0.322 e. The topological polar surface area (TPSA) is 61.8 Å². The van der Waals surface area contributed by atoms with Gasteiger partial charge in [-0.25, -0.2) is 0 Å². The molecule has 0 saturated carbocycles. The first-order valence-electron chi connectivity index (χ1n) is 6.77. The lowest BCUT2D eigenvalue weighted by atomic mass is 10.3. The summed E-state index contributed by atoms with van der Waals surface area (Å²) in [7, 11) is 0. The van der Waals surface area contributed by atoms with Gasteiger partial charge in [0.05, 0.1) is 4.91 Å². The molecule has 1 saturated heterocycles. The van der Waals surface area contributed by atoms with Crippen molar-refractivity contribution in [2.24, 2.45) is 4.99 Å². The Morgan fingerprint density at radius 2 is 2.05 bits per heavy atom. The SMILES string of the molecule is CCN=C1S/C(=C/C(=O)Nc2ccccc2)C(=O)N1CC. The highest BCUT2D eigenvalue weighted by atomic mass is 32.2. The van der Waals surface area contributed by atoms with Gasteiger partial charge in [0.2, 0.25) is 5.91 Å². The van der Waals surface area contributed by atoms with Crippen LogP contribution < -0.4 is 5.32 Å². The second-order valence-corrected chi connectivity index (χ2v) is 5.28. The highest BCUT2D eigenvalue weighted by Gasteiger charge is 2.32. The number of thioether (sulfide) groups is 1. The number of likely N-dealkylation sites (N-methyl/N-ethyl adjacent to an activating group) is 1. The van der Waals surface area contributed by atoms with Crippen LogP contribution in [0.15, 0.2) is 46.3 Å². The van der Waals surface area contributed by atoms with E-state index in [9.17, 15) is 9.59 Å². The lowest BCUT2D eigenvalue weighted by Gasteiger charge is -2.11. The van der Waals surface area contributed by atoms with Gasteiger partial charge in [-0.05, 0) is 37.7 Å². The summed E-state index contributed by atoms with van der Waals surface area (Å²) in [6.07, 6.45) is 1.33. The number of carbonyl (C=O) groups is 2. The van der Waals surface area contributed by atoms with E-state index in [-0.39, 0.29) is 11.8 Å². The van der Waals surface area contributed by atoms with E-state index in [0.29, 0.717) is 28.8 Å². The van der Waals surface area contributed by atoms with Crippen molar-refractivity contribution in [1.29, 1.82) is 0 Å². The van der Waals surface area contributed by atoms with E-state index in [4.69, 9.17) is 0 Å². The number of benzene rings is 1. The van der Waals surface area contributed by atoms with Crippen LogP contribution in [0.1, 0.15) is 13.8 Å². The van der Waals surface area contributed by atoms with Crippen molar-refractivity contribution in [3.63, 3.8) is 0 Å². The molecule has 0 radical (unpaired) electrons. The number of aliphatic imine (C=N–C) groups is 1. The third kappa shape index (κ3) is 3.72. The summed E-state index contributed by atoms with van der Waals surface area (Å²) in [4.78, 5) is 30.4. The van der Waals surface area contributed by atoms with E-state index in [1.54, 1.807) is 17.0 Å². The van der Waals surface area contributed by atoms with Gasteiger partial charge in [-0.3, -0.25) is 19.5 Å². The lowest BCUT2D eigenvalue weighted by molar-refractivity contribution is -0.122. The van der Waals surface area contributed by atoms with E-state index < -0.39 is 0 Å². The summed E-state index contributed by atoms with van der Waals surface area (Å²) in [5.74, 6) is -0.483. The monoisotopic (exact) mass is 303 g/mol. The molecule has 1 heterocycles. The predicted molar refractivity (Wildman–Crippen MR) is 86.1 cm³/mol. The number of amides is 2. The molecule has 6 heteroatoms. The van der Waals surface area contributed by atoms with E-state index in [1.165, 1.54) is 17.8 Å². The van der Waals surface area contributed by atoms with Crippen LogP contribution in [-0.2, 0) is 9.59 Å². The minimum Gasteiger partial charge on any atom is -0.322 e. The molecule has 0 unspecified atom stereocenters. The number of nitrogens with one attached hydrogen (secondary N) is 1. The fourth-order valence-electron chi connectivity index (χ4n) is 1.86. The molecule has 1 aromatic carbocycles. The first kappa shape index (κ1) is 15.3. The van der Waals surface area contributed by atoms with Gasteiger partial charge < -0.3 is 5.32 Å². The quantitative estimate of drug-likeness (QED) is 0.869. The number of rotatable bonds is 4. The third-order valence-corrected chi connectivity index (χ3v) is 3.85. The van der Waals surface area contributed by atoms with Crippen LogP contribution in [0.5, 0.6) is 0 Å². The average molecular weight is 303 g/mol. The summed E-state index contributed by atoms with van der Waals surface area (Å²) >= 11 is 1.24. The van der Waals surface area contributed by atoms with Gasteiger partial charge >= 0.3 is 0 Å². The van der Waals surface area contributed by atoms with Gasteiger partial charge in [-0.1, -0.05) is 18.2 Å². The van der Waals surface area contributed by atoms with Crippen LogP contribution in [0, 0.1) is 0 Å². The molecule has 0 aromatic heterocycles. The minimum absolute atomic E-state index is 0.169. The summed E-state index contributed by atoms with van der Waals surface area (Å²) in [6.45, 7) is 4.95. The Morgan fingerprint density at radius 3 is 2.67 bits per heavy atom. The maximum atomic E-state index is 12.2. The molecule has 2 rings (SSSR count). The number of amidine groups is 1. The van der Waals surface area contributed by atoms with Gasteiger partial charge in [-0.2, -0.15) is 0 Å². The molecule has 0 spiro atoms. The first-order chi connectivity index (χ1) is 10.2. The number of hydrogen-bond donors (Lipinski definition) is 1. The van der Waals surface area contributed by atoms with Gasteiger partial charge in [-0.15, -0.1) is 0 Å². The zero-order chi connectivity index (χ0) is 15.2. The van der Waals surface area contributed by atoms with Gasteiger partial charge in [0.1, 0.15) is 0 Å². The second-order valence-electron chi connectivity index (χ2n) is 4.27. The molecular formula is C15H17N3O2S. The van der Waals surface area contributed by atoms with Crippen LogP contribution in [0.25, 0.3) is 0 Å². The predicted octanol–water partition coefficient (Wildman–Crippen LogP) is 2.48. The molecule has 1 aliphatic heterocycles. The van der Waals surface area contributed by atoms with Gasteiger partial charge in [0.25, 0.3) is 5.91 Å². The Hall–Kier alpha value is -2.08. The van der Waals surface area contributed by atoms with Crippen LogP contribution in [0.3, 0.4) is 0 Å². The van der Waals surface area contributed by atoms with Crippen molar-refractivity contribution in [3.8, 4) is 0 Å². The van der Waals surface area contributed by atoms with Crippen molar-refractivity contribution < 1.29 is 9.59 Å². The summed E-state index contributed by atoms with van der Waals surface area (Å²) in [6, 6.07) is 9.13. The molecule has 0 atom stereocenters. The third-order valence-electron chi connectivity index (χ3n) is 2.80. The maximum Gasteiger partial charge on any atom is 0.266 e. The Bertz CT molecular complexity index is 596. The number of anilines is 1. The van der Waals surface area contributed by atoms with Gasteiger partial charge in [0, 0.05) is 24.9 Å². The fraction of sp³-hybridized carbons (Fsp3) is 0.267. The fourth-order valence-corrected chi connectivity index (χ4v) is 2.93. The number of para-hydroxylation sites is 1. The Morgan fingerprint density at radius 1 is 1.33 bits per heavy atom. The summed E-state index contributed by atoms with van der Waals surface area (Å²) in [5, 5.41) is 3.39. The molecule has 1 aromatic rings. The van der Waals surface area contributed by atoms with Crippen LogP contribution >= 0.6 is 11.8 Å². The molecule has 21 heavy (non-hydrogen) atoms. The first-order valence-corrected chi connectivity index (χ1v) is 7.59.